The highest BCUT2D eigenvalue weighted by atomic mass is 15.3. The molecule has 1 aromatic heterocycles. The number of hydrogen-bond donors (Lipinski definition) is 1. The first-order valence-corrected chi connectivity index (χ1v) is 8.39. The summed E-state index contributed by atoms with van der Waals surface area (Å²) in [5, 5.41) is 3.80. The van der Waals surface area contributed by atoms with Crippen molar-refractivity contribution in [3.8, 4) is 0 Å². The Morgan fingerprint density at radius 3 is 2.52 bits per heavy atom. The number of nitrogens with one attached hydrogen (secondary N) is 1. The zero-order valence-electron chi connectivity index (χ0n) is 14.0. The number of rotatable bonds is 6. The van der Waals surface area contributed by atoms with Gasteiger partial charge in [0.05, 0.1) is 6.54 Å². The molecule has 1 N–H and O–H groups in total. The van der Waals surface area contributed by atoms with Crippen LogP contribution in [0.2, 0.25) is 0 Å². The molecular weight excluding hydrogens is 260 g/mol. The lowest BCUT2D eigenvalue weighted by Gasteiger charge is -2.50. The van der Waals surface area contributed by atoms with Crippen LogP contribution in [0.4, 0.5) is 0 Å². The molecule has 2 rings (SSSR count). The number of aromatic nitrogens is 2. The molecule has 0 amide bonds. The highest BCUT2D eigenvalue weighted by Crippen LogP contribution is 2.30. The van der Waals surface area contributed by atoms with Gasteiger partial charge < -0.3 is 5.32 Å². The monoisotopic (exact) mass is 290 g/mol. The van der Waals surface area contributed by atoms with E-state index in [-0.39, 0.29) is 5.54 Å². The highest BCUT2D eigenvalue weighted by Gasteiger charge is 2.40. The largest absolute Gasteiger partial charge is 0.311 e. The lowest BCUT2D eigenvalue weighted by molar-refractivity contribution is 0.0117. The molecule has 0 aliphatic carbocycles. The van der Waals surface area contributed by atoms with Crippen molar-refractivity contribution in [3.63, 3.8) is 0 Å². The highest BCUT2D eigenvalue weighted by molar-refractivity contribution is 5.01. The number of hydrogen-bond acceptors (Lipinski definition) is 4. The van der Waals surface area contributed by atoms with Gasteiger partial charge in [-0.1, -0.05) is 34.1 Å². The van der Waals surface area contributed by atoms with Crippen LogP contribution in [-0.4, -0.2) is 39.5 Å². The van der Waals surface area contributed by atoms with Gasteiger partial charge in [-0.05, 0) is 24.8 Å². The van der Waals surface area contributed by atoms with Crippen molar-refractivity contribution in [3.05, 3.63) is 24.3 Å². The molecule has 2 unspecified atom stereocenters. The minimum atomic E-state index is 0.239. The second-order valence-electron chi connectivity index (χ2n) is 6.35. The Bertz CT molecular complexity index is 416. The molecule has 2 heterocycles. The normalized spacial score (nSPS) is 23.9. The van der Waals surface area contributed by atoms with Crippen molar-refractivity contribution < 1.29 is 0 Å². The maximum absolute atomic E-state index is 4.42. The van der Waals surface area contributed by atoms with Crippen LogP contribution in [0.25, 0.3) is 0 Å². The molecule has 1 aliphatic heterocycles. The first-order chi connectivity index (χ1) is 10.1. The third kappa shape index (κ3) is 3.61. The standard InChI is InChI=1S/C17H30N4/c1-5-14(4)15-11-21(12-16-18-9-8-10-19-16)17(6-2,7-3)13-20-15/h8-10,14-15,20H,5-7,11-13H2,1-4H3. The summed E-state index contributed by atoms with van der Waals surface area (Å²) in [4.78, 5) is 11.5. The van der Waals surface area contributed by atoms with E-state index < -0.39 is 0 Å². The summed E-state index contributed by atoms with van der Waals surface area (Å²) in [6.07, 6.45) is 7.23. The van der Waals surface area contributed by atoms with Crippen LogP contribution in [0.5, 0.6) is 0 Å². The van der Waals surface area contributed by atoms with Crippen LogP contribution in [0.1, 0.15) is 52.8 Å². The Morgan fingerprint density at radius 2 is 1.95 bits per heavy atom. The van der Waals surface area contributed by atoms with Crippen molar-refractivity contribution in [2.75, 3.05) is 13.1 Å². The minimum absolute atomic E-state index is 0.239. The third-order valence-electron chi connectivity index (χ3n) is 5.38. The summed E-state index contributed by atoms with van der Waals surface area (Å²) in [7, 11) is 0. The van der Waals surface area contributed by atoms with Gasteiger partial charge in [-0.3, -0.25) is 4.90 Å². The van der Waals surface area contributed by atoms with E-state index >= 15 is 0 Å². The van der Waals surface area contributed by atoms with E-state index in [2.05, 4.69) is 47.9 Å². The quantitative estimate of drug-likeness (QED) is 0.874. The number of piperazine rings is 1. The molecule has 0 aromatic carbocycles. The molecule has 1 saturated heterocycles. The van der Waals surface area contributed by atoms with Gasteiger partial charge in [0, 0.05) is 37.1 Å². The van der Waals surface area contributed by atoms with Crippen molar-refractivity contribution in [1.29, 1.82) is 0 Å². The van der Waals surface area contributed by atoms with Crippen LogP contribution in [0.15, 0.2) is 18.5 Å². The molecule has 0 saturated carbocycles. The summed E-state index contributed by atoms with van der Waals surface area (Å²) >= 11 is 0. The van der Waals surface area contributed by atoms with Crippen LogP contribution in [-0.2, 0) is 6.54 Å². The zero-order chi connectivity index (χ0) is 15.3. The molecule has 21 heavy (non-hydrogen) atoms. The lowest BCUT2D eigenvalue weighted by Crippen LogP contribution is -2.65. The Kier molecular flexibility index (Phi) is 5.71. The van der Waals surface area contributed by atoms with E-state index in [1.165, 1.54) is 6.42 Å². The molecule has 2 atom stereocenters. The molecule has 1 aliphatic rings. The molecule has 4 heteroatoms. The fourth-order valence-electron chi connectivity index (χ4n) is 3.36. The van der Waals surface area contributed by atoms with Gasteiger partial charge in [-0.2, -0.15) is 0 Å². The maximum Gasteiger partial charge on any atom is 0.142 e. The lowest BCUT2D eigenvalue weighted by atomic mass is 9.84. The zero-order valence-corrected chi connectivity index (χ0v) is 14.0. The maximum atomic E-state index is 4.42. The average molecular weight is 290 g/mol. The van der Waals surface area contributed by atoms with Gasteiger partial charge in [0.25, 0.3) is 0 Å². The summed E-state index contributed by atoms with van der Waals surface area (Å²) in [5.41, 5.74) is 0.239. The molecule has 0 spiro atoms. The molecule has 118 valence electrons. The molecule has 4 nitrogen and oxygen atoms in total. The molecular formula is C17H30N4. The second-order valence-corrected chi connectivity index (χ2v) is 6.35. The van der Waals surface area contributed by atoms with Gasteiger partial charge >= 0.3 is 0 Å². The van der Waals surface area contributed by atoms with Crippen molar-refractivity contribution >= 4 is 0 Å². The smallest absolute Gasteiger partial charge is 0.142 e. The summed E-state index contributed by atoms with van der Waals surface area (Å²) in [6.45, 7) is 12.2. The van der Waals surface area contributed by atoms with E-state index in [0.717, 1.165) is 38.3 Å². The predicted octanol–water partition coefficient (Wildman–Crippen LogP) is 2.86. The average Bonchev–Trinajstić information content (AvgIpc) is 2.55. The predicted molar refractivity (Wildman–Crippen MR) is 87.0 cm³/mol. The SMILES string of the molecule is CCC(C)C1CN(Cc2ncccn2)C(CC)(CC)CN1. The van der Waals surface area contributed by atoms with E-state index in [9.17, 15) is 0 Å². The second kappa shape index (κ2) is 7.32. The van der Waals surface area contributed by atoms with Crippen LogP contribution < -0.4 is 5.32 Å². The summed E-state index contributed by atoms with van der Waals surface area (Å²) < 4.78 is 0. The van der Waals surface area contributed by atoms with Crippen molar-refractivity contribution in [2.45, 2.75) is 65.1 Å². The first-order valence-electron chi connectivity index (χ1n) is 8.39. The van der Waals surface area contributed by atoms with E-state index in [4.69, 9.17) is 0 Å². The fourth-order valence-corrected chi connectivity index (χ4v) is 3.36. The third-order valence-corrected chi connectivity index (χ3v) is 5.38. The Hall–Kier alpha value is -1.00. The molecule has 1 aromatic rings. The molecule has 0 bridgehead atoms. The topological polar surface area (TPSA) is 41.1 Å². The number of nitrogens with zero attached hydrogens (tertiary/aromatic N) is 3. The molecule has 1 fully saturated rings. The van der Waals surface area contributed by atoms with E-state index in [1.807, 2.05) is 18.5 Å². The van der Waals surface area contributed by atoms with Crippen LogP contribution in [0, 0.1) is 5.92 Å². The van der Waals surface area contributed by atoms with Crippen molar-refractivity contribution in [1.82, 2.24) is 20.2 Å². The molecule has 0 radical (unpaired) electrons. The van der Waals surface area contributed by atoms with Gasteiger partial charge in [0.1, 0.15) is 5.82 Å². The van der Waals surface area contributed by atoms with Gasteiger partial charge in [-0.15, -0.1) is 0 Å². The van der Waals surface area contributed by atoms with E-state index in [0.29, 0.717) is 12.0 Å². The van der Waals surface area contributed by atoms with E-state index in [1.54, 1.807) is 0 Å². The minimum Gasteiger partial charge on any atom is -0.311 e. The summed E-state index contributed by atoms with van der Waals surface area (Å²) in [5.74, 6) is 1.64. The Labute approximate surface area is 129 Å². The van der Waals surface area contributed by atoms with Gasteiger partial charge in [0.2, 0.25) is 0 Å². The first kappa shape index (κ1) is 16.4. The Balaban J connectivity index is 2.16. The fraction of sp³-hybridized carbons (Fsp3) is 0.765. The van der Waals surface area contributed by atoms with Crippen LogP contribution in [0.3, 0.4) is 0 Å². The summed E-state index contributed by atoms with van der Waals surface area (Å²) in [6, 6.07) is 2.46. The van der Waals surface area contributed by atoms with Gasteiger partial charge in [-0.25, -0.2) is 9.97 Å². The van der Waals surface area contributed by atoms with Gasteiger partial charge in [0.15, 0.2) is 0 Å². The van der Waals surface area contributed by atoms with Crippen molar-refractivity contribution in [2.24, 2.45) is 5.92 Å². The van der Waals surface area contributed by atoms with Crippen LogP contribution >= 0.6 is 0 Å². The Morgan fingerprint density at radius 1 is 1.29 bits per heavy atom.